The number of esters is 1. The maximum absolute atomic E-state index is 12.0. The fraction of sp³-hybridized carbons (Fsp3) is 0.333. The van der Waals surface area contributed by atoms with Crippen molar-refractivity contribution in [2.24, 2.45) is 0 Å². The molecule has 5 nitrogen and oxygen atoms in total. The summed E-state index contributed by atoms with van der Waals surface area (Å²) >= 11 is 6.44. The van der Waals surface area contributed by atoms with Gasteiger partial charge < -0.3 is 14.0 Å². The molecule has 2 rings (SSSR count). The van der Waals surface area contributed by atoms with Gasteiger partial charge in [0.25, 0.3) is 0 Å². The summed E-state index contributed by atoms with van der Waals surface area (Å²) < 4.78 is 11.9. The van der Waals surface area contributed by atoms with Crippen molar-refractivity contribution in [2.45, 2.75) is 13.5 Å². The monoisotopic (exact) mass is 308 g/mol. The first-order valence-corrected chi connectivity index (χ1v) is 6.85. The van der Waals surface area contributed by atoms with Gasteiger partial charge in [0.05, 0.1) is 30.0 Å². The van der Waals surface area contributed by atoms with Crippen LogP contribution in [-0.2, 0) is 16.0 Å². The minimum atomic E-state index is -0.441. The molecule has 0 bridgehead atoms. The summed E-state index contributed by atoms with van der Waals surface area (Å²) in [6.45, 7) is 2.96. The predicted molar refractivity (Wildman–Crippen MR) is 80.6 cm³/mol. The number of nitrogens with zero attached hydrogens (tertiary/aromatic N) is 2. The topological polar surface area (TPSA) is 53.4 Å². The van der Waals surface area contributed by atoms with Gasteiger partial charge in [0.1, 0.15) is 0 Å². The Morgan fingerprint density at radius 1 is 1.33 bits per heavy atom. The van der Waals surface area contributed by atoms with Crippen LogP contribution in [0.25, 0.3) is 11.3 Å². The van der Waals surface area contributed by atoms with Crippen LogP contribution in [0, 0.1) is 6.92 Å². The van der Waals surface area contributed by atoms with Crippen molar-refractivity contribution < 1.29 is 14.3 Å². The van der Waals surface area contributed by atoms with Gasteiger partial charge in [-0.25, -0.2) is 4.79 Å². The third-order valence-electron chi connectivity index (χ3n) is 3.33. The Labute approximate surface area is 128 Å². The van der Waals surface area contributed by atoms with Crippen LogP contribution in [0.1, 0.15) is 16.1 Å². The number of hydrogen-bond donors (Lipinski definition) is 0. The first kappa shape index (κ1) is 15.5. The van der Waals surface area contributed by atoms with Gasteiger partial charge in [0.15, 0.2) is 0 Å². The number of aromatic nitrogens is 2. The second-order valence-corrected chi connectivity index (χ2v) is 4.87. The molecule has 0 aliphatic carbocycles. The minimum absolute atomic E-state index is 0.390. The number of pyridine rings is 1. The number of methoxy groups -OCH3 is 2. The number of carbonyl (C=O) groups is 1. The van der Waals surface area contributed by atoms with Crippen LogP contribution in [0.5, 0.6) is 0 Å². The molecule has 0 saturated heterocycles. The molecule has 0 aliphatic rings. The molecule has 0 aliphatic heterocycles. The van der Waals surface area contributed by atoms with E-state index in [4.69, 9.17) is 21.1 Å². The van der Waals surface area contributed by atoms with Crippen LogP contribution in [-0.4, -0.2) is 36.3 Å². The van der Waals surface area contributed by atoms with Crippen LogP contribution >= 0.6 is 11.6 Å². The fourth-order valence-electron chi connectivity index (χ4n) is 2.29. The molecule has 21 heavy (non-hydrogen) atoms. The Kier molecular flexibility index (Phi) is 4.98. The van der Waals surface area contributed by atoms with Gasteiger partial charge >= 0.3 is 5.97 Å². The average Bonchev–Trinajstić information content (AvgIpc) is 2.76. The fourth-order valence-corrected chi connectivity index (χ4v) is 2.72. The third-order valence-corrected chi connectivity index (χ3v) is 3.69. The Bertz CT molecular complexity index is 638. The van der Waals surface area contributed by atoms with E-state index >= 15 is 0 Å². The largest absolute Gasteiger partial charge is 0.465 e. The molecule has 0 aromatic carbocycles. The second kappa shape index (κ2) is 6.74. The van der Waals surface area contributed by atoms with Gasteiger partial charge in [-0.1, -0.05) is 11.6 Å². The van der Waals surface area contributed by atoms with E-state index in [0.717, 1.165) is 17.0 Å². The molecule has 0 atom stereocenters. The first-order chi connectivity index (χ1) is 10.1. The maximum atomic E-state index is 12.0. The quantitative estimate of drug-likeness (QED) is 0.797. The van der Waals surface area contributed by atoms with Crippen LogP contribution in [0.15, 0.2) is 24.5 Å². The number of halogens is 1. The summed E-state index contributed by atoms with van der Waals surface area (Å²) in [5.74, 6) is -0.441. The molecule has 0 radical (unpaired) electrons. The zero-order chi connectivity index (χ0) is 15.4. The van der Waals surface area contributed by atoms with Crippen molar-refractivity contribution in [3.05, 3.63) is 40.8 Å². The summed E-state index contributed by atoms with van der Waals surface area (Å²) in [6, 6.07) is 3.70. The zero-order valence-corrected chi connectivity index (χ0v) is 13.0. The van der Waals surface area contributed by atoms with E-state index in [-0.39, 0.29) is 0 Å². The molecule has 6 heteroatoms. The molecular formula is C15H17ClN2O3. The minimum Gasteiger partial charge on any atom is -0.465 e. The second-order valence-electron chi connectivity index (χ2n) is 4.49. The smallest absolute Gasteiger partial charge is 0.341 e. The highest BCUT2D eigenvalue weighted by molar-refractivity contribution is 6.36. The van der Waals surface area contributed by atoms with Gasteiger partial charge in [-0.15, -0.1) is 0 Å². The normalized spacial score (nSPS) is 10.7. The molecule has 0 N–H and O–H groups in total. The summed E-state index contributed by atoms with van der Waals surface area (Å²) in [4.78, 5) is 16.0. The van der Waals surface area contributed by atoms with Crippen LogP contribution in [0.2, 0.25) is 5.02 Å². The van der Waals surface area contributed by atoms with Crippen molar-refractivity contribution in [1.29, 1.82) is 0 Å². The lowest BCUT2D eigenvalue weighted by atomic mass is 10.1. The molecular weight excluding hydrogens is 292 g/mol. The summed E-state index contributed by atoms with van der Waals surface area (Å²) in [5, 5.41) is 0.390. The molecule has 2 heterocycles. The zero-order valence-electron chi connectivity index (χ0n) is 12.2. The van der Waals surface area contributed by atoms with E-state index in [1.165, 1.54) is 7.11 Å². The number of hydrogen-bond acceptors (Lipinski definition) is 4. The van der Waals surface area contributed by atoms with Crippen molar-refractivity contribution in [3.63, 3.8) is 0 Å². The van der Waals surface area contributed by atoms with E-state index in [0.29, 0.717) is 23.7 Å². The highest BCUT2D eigenvalue weighted by Crippen LogP contribution is 2.35. The molecule has 0 unspecified atom stereocenters. The lowest BCUT2D eigenvalue weighted by Gasteiger charge is -2.11. The highest BCUT2D eigenvalue weighted by atomic mass is 35.5. The lowest BCUT2D eigenvalue weighted by molar-refractivity contribution is 0.0600. The van der Waals surface area contributed by atoms with Gasteiger partial charge in [0.2, 0.25) is 0 Å². The SMILES string of the molecule is COCCn1c(C)c(C(=O)OC)c(Cl)c1-c1ccncc1. The maximum Gasteiger partial charge on any atom is 0.341 e. The number of rotatable bonds is 5. The van der Waals surface area contributed by atoms with Gasteiger partial charge in [-0.2, -0.15) is 0 Å². The summed E-state index contributed by atoms with van der Waals surface area (Å²) in [5.41, 5.74) is 2.82. The number of ether oxygens (including phenoxy) is 2. The molecule has 112 valence electrons. The molecule has 2 aromatic rings. The third kappa shape index (κ3) is 2.94. The van der Waals surface area contributed by atoms with E-state index in [1.807, 2.05) is 23.6 Å². The molecule has 0 spiro atoms. The Morgan fingerprint density at radius 3 is 2.57 bits per heavy atom. The molecule has 0 amide bonds. The summed E-state index contributed by atoms with van der Waals surface area (Å²) in [6.07, 6.45) is 3.37. The van der Waals surface area contributed by atoms with Crippen molar-refractivity contribution in [2.75, 3.05) is 20.8 Å². The van der Waals surface area contributed by atoms with Crippen LogP contribution in [0.3, 0.4) is 0 Å². The van der Waals surface area contributed by atoms with Crippen molar-refractivity contribution in [3.8, 4) is 11.3 Å². The average molecular weight is 309 g/mol. The van der Waals surface area contributed by atoms with E-state index < -0.39 is 5.97 Å². The van der Waals surface area contributed by atoms with Gasteiger partial charge in [-0.3, -0.25) is 4.98 Å². The van der Waals surface area contributed by atoms with E-state index in [9.17, 15) is 4.79 Å². The molecule has 0 saturated carbocycles. The Hall–Kier alpha value is -1.85. The Balaban J connectivity index is 2.64. The summed E-state index contributed by atoms with van der Waals surface area (Å²) in [7, 11) is 2.98. The van der Waals surface area contributed by atoms with Gasteiger partial charge in [-0.05, 0) is 19.1 Å². The lowest BCUT2D eigenvalue weighted by Crippen LogP contribution is -2.09. The Morgan fingerprint density at radius 2 is 2.00 bits per heavy atom. The van der Waals surface area contributed by atoms with Crippen LogP contribution in [0.4, 0.5) is 0 Å². The number of carbonyl (C=O) groups excluding carboxylic acids is 1. The van der Waals surface area contributed by atoms with Crippen LogP contribution < -0.4 is 0 Å². The molecule has 0 fully saturated rings. The molecule has 2 aromatic heterocycles. The van der Waals surface area contributed by atoms with Gasteiger partial charge in [0, 0.05) is 37.3 Å². The highest BCUT2D eigenvalue weighted by Gasteiger charge is 2.25. The standard InChI is InChI=1S/C15H17ClN2O3/c1-10-12(15(19)21-3)13(16)14(18(10)8-9-20-2)11-4-6-17-7-5-11/h4-7H,8-9H2,1-3H3. The van der Waals surface area contributed by atoms with E-state index in [2.05, 4.69) is 4.98 Å². The van der Waals surface area contributed by atoms with Crippen molar-refractivity contribution >= 4 is 17.6 Å². The predicted octanol–water partition coefficient (Wildman–Crippen LogP) is 2.94. The first-order valence-electron chi connectivity index (χ1n) is 6.48. The van der Waals surface area contributed by atoms with Crippen molar-refractivity contribution in [1.82, 2.24) is 9.55 Å². The van der Waals surface area contributed by atoms with E-state index in [1.54, 1.807) is 19.5 Å².